The fraction of sp³-hybridized carbons (Fsp3) is 0.429. The molecule has 1 aliphatic heterocycles. The fourth-order valence-electron chi connectivity index (χ4n) is 2.23. The molecule has 1 aromatic carbocycles. The second kappa shape index (κ2) is 6.27. The number of aliphatic carboxylic acids is 1. The molecule has 1 unspecified atom stereocenters. The average molecular weight is 278 g/mol. The third-order valence-corrected chi connectivity index (χ3v) is 3.45. The van der Waals surface area contributed by atoms with Crippen LogP contribution in [0.2, 0.25) is 0 Å². The van der Waals surface area contributed by atoms with Crippen molar-refractivity contribution in [2.24, 2.45) is 5.92 Å². The molecule has 0 aliphatic carbocycles. The Morgan fingerprint density at radius 2 is 2.00 bits per heavy atom. The van der Waals surface area contributed by atoms with Crippen LogP contribution >= 0.6 is 0 Å². The quantitative estimate of drug-likeness (QED) is 0.768. The molecule has 1 aliphatic rings. The number of nitrogens with one attached hydrogen (secondary N) is 1. The van der Waals surface area contributed by atoms with Gasteiger partial charge < -0.3 is 20.4 Å². The lowest BCUT2D eigenvalue weighted by Gasteiger charge is -2.16. The zero-order chi connectivity index (χ0) is 14.5. The summed E-state index contributed by atoms with van der Waals surface area (Å²) in [6.45, 7) is 1.25. The summed E-state index contributed by atoms with van der Waals surface area (Å²) < 4.78 is 0. The van der Waals surface area contributed by atoms with Crippen LogP contribution in [-0.2, 0) is 11.2 Å². The Labute approximate surface area is 117 Å². The summed E-state index contributed by atoms with van der Waals surface area (Å²) in [6.07, 6.45) is 1.18. The van der Waals surface area contributed by atoms with Crippen LogP contribution in [0.15, 0.2) is 24.3 Å². The molecule has 0 bridgehead atoms. The lowest BCUT2D eigenvalue weighted by Crippen LogP contribution is -2.39. The van der Waals surface area contributed by atoms with E-state index >= 15 is 0 Å². The molecule has 1 atom stereocenters. The number of likely N-dealkylation sites (tertiary alicyclic amines) is 1. The van der Waals surface area contributed by atoms with Gasteiger partial charge in [-0.1, -0.05) is 12.1 Å². The van der Waals surface area contributed by atoms with Gasteiger partial charge in [-0.3, -0.25) is 4.79 Å². The van der Waals surface area contributed by atoms with Gasteiger partial charge in [-0.15, -0.1) is 0 Å². The highest BCUT2D eigenvalue weighted by Gasteiger charge is 2.30. The lowest BCUT2D eigenvalue weighted by atomic mass is 10.1. The second-order valence-electron chi connectivity index (χ2n) is 4.92. The third kappa shape index (κ3) is 3.63. The number of phenolic OH excluding ortho intramolecular Hbond substituents is 1. The van der Waals surface area contributed by atoms with Crippen LogP contribution in [0, 0.1) is 5.92 Å². The van der Waals surface area contributed by atoms with Crippen molar-refractivity contribution in [3.63, 3.8) is 0 Å². The smallest absolute Gasteiger partial charge is 0.317 e. The van der Waals surface area contributed by atoms with E-state index in [9.17, 15) is 9.59 Å². The number of carboxylic acid groups (broad SMARTS) is 1. The van der Waals surface area contributed by atoms with Gasteiger partial charge in [-0.2, -0.15) is 0 Å². The van der Waals surface area contributed by atoms with Crippen molar-refractivity contribution in [1.82, 2.24) is 10.2 Å². The maximum atomic E-state index is 11.8. The summed E-state index contributed by atoms with van der Waals surface area (Å²) in [4.78, 5) is 24.2. The molecule has 6 nitrogen and oxygen atoms in total. The lowest BCUT2D eigenvalue weighted by molar-refractivity contribution is -0.141. The van der Waals surface area contributed by atoms with Crippen molar-refractivity contribution < 1.29 is 19.8 Å². The van der Waals surface area contributed by atoms with Gasteiger partial charge in [0.15, 0.2) is 0 Å². The number of phenols is 1. The first-order chi connectivity index (χ1) is 9.56. The summed E-state index contributed by atoms with van der Waals surface area (Å²) in [5.74, 6) is -1.07. The van der Waals surface area contributed by atoms with E-state index in [1.807, 2.05) is 0 Å². The molecule has 20 heavy (non-hydrogen) atoms. The molecule has 108 valence electrons. The topological polar surface area (TPSA) is 89.9 Å². The summed E-state index contributed by atoms with van der Waals surface area (Å²) in [5.41, 5.74) is 1.02. The van der Waals surface area contributed by atoms with Crippen molar-refractivity contribution in [3.05, 3.63) is 29.8 Å². The first-order valence-electron chi connectivity index (χ1n) is 6.60. The molecule has 0 aromatic heterocycles. The molecular weight excluding hydrogens is 260 g/mol. The monoisotopic (exact) mass is 278 g/mol. The van der Waals surface area contributed by atoms with Gasteiger partial charge in [-0.25, -0.2) is 4.79 Å². The molecule has 0 spiro atoms. The molecule has 0 radical (unpaired) electrons. The first-order valence-corrected chi connectivity index (χ1v) is 6.60. The van der Waals surface area contributed by atoms with Gasteiger partial charge in [-0.05, 0) is 30.5 Å². The fourth-order valence-corrected chi connectivity index (χ4v) is 2.23. The number of amides is 2. The zero-order valence-corrected chi connectivity index (χ0v) is 11.1. The summed E-state index contributed by atoms with van der Waals surface area (Å²) >= 11 is 0. The third-order valence-electron chi connectivity index (χ3n) is 3.45. The van der Waals surface area contributed by atoms with Crippen LogP contribution in [0.1, 0.15) is 12.0 Å². The minimum absolute atomic E-state index is 0.215. The number of carbonyl (C=O) groups excluding carboxylic acids is 1. The molecule has 2 amide bonds. The molecular formula is C14H18N2O4. The molecule has 3 N–H and O–H groups in total. The van der Waals surface area contributed by atoms with Crippen molar-refractivity contribution in [2.45, 2.75) is 12.8 Å². The Morgan fingerprint density at radius 3 is 2.60 bits per heavy atom. The molecule has 0 saturated carbocycles. The zero-order valence-electron chi connectivity index (χ0n) is 11.1. The second-order valence-corrected chi connectivity index (χ2v) is 4.92. The van der Waals surface area contributed by atoms with Gasteiger partial charge in [0.05, 0.1) is 5.92 Å². The van der Waals surface area contributed by atoms with Gasteiger partial charge in [0.25, 0.3) is 0 Å². The Morgan fingerprint density at radius 1 is 1.30 bits per heavy atom. The van der Waals surface area contributed by atoms with Crippen molar-refractivity contribution in [1.29, 1.82) is 0 Å². The Kier molecular flexibility index (Phi) is 4.45. The molecule has 6 heteroatoms. The van der Waals surface area contributed by atoms with Gasteiger partial charge >= 0.3 is 12.0 Å². The van der Waals surface area contributed by atoms with Crippen molar-refractivity contribution in [2.75, 3.05) is 19.6 Å². The Hall–Kier alpha value is -2.24. The van der Waals surface area contributed by atoms with Crippen LogP contribution in [0.4, 0.5) is 4.79 Å². The highest BCUT2D eigenvalue weighted by atomic mass is 16.4. The van der Waals surface area contributed by atoms with Gasteiger partial charge in [0.1, 0.15) is 5.75 Å². The van der Waals surface area contributed by atoms with E-state index in [4.69, 9.17) is 10.2 Å². The molecule has 1 aromatic rings. The highest BCUT2D eigenvalue weighted by molar-refractivity contribution is 5.77. The average Bonchev–Trinajstić information content (AvgIpc) is 2.91. The highest BCUT2D eigenvalue weighted by Crippen LogP contribution is 2.16. The molecule has 1 saturated heterocycles. The number of urea groups is 1. The van der Waals surface area contributed by atoms with Crippen molar-refractivity contribution >= 4 is 12.0 Å². The first kappa shape index (κ1) is 14.2. The van der Waals surface area contributed by atoms with Gasteiger partial charge in [0, 0.05) is 19.6 Å². The van der Waals surface area contributed by atoms with Crippen LogP contribution < -0.4 is 5.32 Å². The number of hydrogen-bond acceptors (Lipinski definition) is 3. The predicted octanol–water partition coefficient (Wildman–Crippen LogP) is 1.05. The largest absolute Gasteiger partial charge is 0.508 e. The van der Waals surface area contributed by atoms with Crippen LogP contribution in [0.3, 0.4) is 0 Å². The normalized spacial score (nSPS) is 18.0. The van der Waals surface area contributed by atoms with Crippen molar-refractivity contribution in [3.8, 4) is 5.75 Å². The Balaban J connectivity index is 1.73. The molecule has 1 fully saturated rings. The van der Waals surface area contributed by atoms with E-state index in [0.29, 0.717) is 25.9 Å². The van der Waals surface area contributed by atoms with Crippen LogP contribution in [0.5, 0.6) is 5.75 Å². The standard InChI is InChI=1S/C14H18N2O4/c17-12-3-1-10(2-4-12)5-7-15-14(20)16-8-6-11(9-16)13(18)19/h1-4,11,17H,5-9H2,(H,15,20)(H,18,19). The number of rotatable bonds is 4. The van der Waals surface area contributed by atoms with E-state index < -0.39 is 11.9 Å². The van der Waals surface area contributed by atoms with E-state index in [1.54, 1.807) is 24.3 Å². The number of carboxylic acids is 1. The maximum absolute atomic E-state index is 11.8. The van der Waals surface area contributed by atoms with Crippen LogP contribution in [0.25, 0.3) is 0 Å². The maximum Gasteiger partial charge on any atom is 0.317 e. The Bertz CT molecular complexity index is 486. The summed E-state index contributed by atoms with van der Waals surface area (Å²) in [5, 5.41) is 20.8. The number of carbonyl (C=O) groups is 2. The summed E-state index contributed by atoms with van der Waals surface area (Å²) in [6, 6.07) is 6.60. The summed E-state index contributed by atoms with van der Waals surface area (Å²) in [7, 11) is 0. The van der Waals surface area contributed by atoms with Gasteiger partial charge in [0.2, 0.25) is 0 Å². The number of nitrogens with zero attached hydrogens (tertiary/aromatic N) is 1. The number of aromatic hydroxyl groups is 1. The molecule has 1 heterocycles. The minimum atomic E-state index is -0.843. The van der Waals surface area contributed by atoms with E-state index in [1.165, 1.54) is 4.90 Å². The number of benzene rings is 1. The minimum Gasteiger partial charge on any atom is -0.508 e. The SMILES string of the molecule is O=C(O)C1CCN(C(=O)NCCc2ccc(O)cc2)C1. The van der Waals surface area contributed by atoms with Crippen LogP contribution in [-0.4, -0.2) is 46.7 Å². The van der Waals surface area contributed by atoms with E-state index in [0.717, 1.165) is 5.56 Å². The van der Waals surface area contributed by atoms with E-state index in [-0.39, 0.29) is 18.3 Å². The molecule has 2 rings (SSSR count). The predicted molar refractivity (Wildman–Crippen MR) is 72.5 cm³/mol. The number of hydrogen-bond donors (Lipinski definition) is 3. The van der Waals surface area contributed by atoms with E-state index in [2.05, 4.69) is 5.32 Å².